The lowest BCUT2D eigenvalue weighted by atomic mass is 10.0. The molecule has 3 heterocycles. The molecule has 1 aliphatic heterocycles. The van der Waals surface area contributed by atoms with Crippen molar-refractivity contribution in [3.8, 4) is 0 Å². The predicted octanol–water partition coefficient (Wildman–Crippen LogP) is 2.73. The van der Waals surface area contributed by atoms with Gasteiger partial charge in [-0.25, -0.2) is 9.37 Å². The van der Waals surface area contributed by atoms with E-state index in [2.05, 4.69) is 9.97 Å². The third kappa shape index (κ3) is 2.85. The van der Waals surface area contributed by atoms with Gasteiger partial charge in [0, 0.05) is 55.5 Å². The Morgan fingerprint density at radius 2 is 1.80 bits per heavy atom. The number of hydrogen-bond acceptors (Lipinski definition) is 5. The van der Waals surface area contributed by atoms with Crippen molar-refractivity contribution in [3.63, 3.8) is 0 Å². The molecule has 0 saturated carbocycles. The second-order valence-corrected chi connectivity index (χ2v) is 8.28. The third-order valence-electron chi connectivity index (χ3n) is 5.53. The van der Waals surface area contributed by atoms with Gasteiger partial charge in [0.25, 0.3) is 11.5 Å². The summed E-state index contributed by atoms with van der Waals surface area (Å²) in [6.45, 7) is 3.40. The van der Waals surface area contributed by atoms with Gasteiger partial charge in [-0.05, 0) is 24.3 Å². The van der Waals surface area contributed by atoms with Crippen LogP contribution in [0, 0.1) is 5.82 Å². The Morgan fingerprint density at radius 1 is 1.07 bits per heavy atom. The van der Waals surface area contributed by atoms with Crippen LogP contribution in [-0.4, -0.2) is 57.8 Å². The second-order valence-electron chi connectivity index (χ2n) is 7.28. The minimum Gasteiger partial charge on any atom is -0.339 e. The van der Waals surface area contributed by atoms with E-state index in [4.69, 9.17) is 0 Å². The summed E-state index contributed by atoms with van der Waals surface area (Å²) in [5.74, 6) is -0.647. The van der Waals surface area contributed by atoms with E-state index >= 15 is 0 Å². The largest absolute Gasteiger partial charge is 0.339 e. The summed E-state index contributed by atoms with van der Waals surface area (Å²) in [6.07, 6.45) is 1.54. The minimum absolute atomic E-state index is 0.00233. The molecule has 1 saturated heterocycles. The number of fused-ring (bicyclic) bond motifs is 6. The smallest absolute Gasteiger partial charge is 0.282 e. The van der Waals surface area contributed by atoms with E-state index < -0.39 is 5.82 Å². The molecule has 0 radical (unpaired) electrons. The molecule has 2 amide bonds. The number of aromatic amines is 1. The maximum atomic E-state index is 13.9. The molecule has 5 rings (SSSR count). The number of H-pyrrole nitrogens is 1. The molecule has 1 N–H and O–H groups in total. The first-order valence-corrected chi connectivity index (χ1v) is 10.3. The normalized spacial score (nSPS) is 14.7. The van der Waals surface area contributed by atoms with Gasteiger partial charge in [0.1, 0.15) is 5.82 Å². The Bertz CT molecular complexity index is 1400. The van der Waals surface area contributed by atoms with Crippen molar-refractivity contribution in [1.29, 1.82) is 0 Å². The molecule has 0 aliphatic carbocycles. The molecule has 4 aromatic rings. The fraction of sp³-hybridized carbons (Fsp3) is 0.238. The van der Waals surface area contributed by atoms with Crippen molar-refractivity contribution >= 4 is 54.9 Å². The molecule has 30 heavy (non-hydrogen) atoms. The fourth-order valence-corrected chi connectivity index (χ4v) is 5.08. The number of carbonyl (C=O) groups is 2. The zero-order valence-electron chi connectivity index (χ0n) is 16.1. The predicted molar refractivity (Wildman–Crippen MR) is 113 cm³/mol. The van der Waals surface area contributed by atoms with Crippen molar-refractivity contribution in [1.82, 2.24) is 19.8 Å². The number of piperazine rings is 1. The highest BCUT2D eigenvalue weighted by Gasteiger charge is 2.26. The number of pyridine rings is 1. The number of halogens is 1. The van der Waals surface area contributed by atoms with Gasteiger partial charge in [-0.2, -0.15) is 0 Å². The monoisotopic (exact) mass is 424 g/mol. The second kappa shape index (κ2) is 6.88. The van der Waals surface area contributed by atoms with Crippen LogP contribution in [-0.2, 0) is 4.79 Å². The van der Waals surface area contributed by atoms with Crippen molar-refractivity contribution in [3.05, 3.63) is 51.6 Å². The number of hydrogen-bond donors (Lipinski definition) is 1. The van der Waals surface area contributed by atoms with Crippen LogP contribution in [0.5, 0.6) is 0 Å². The van der Waals surface area contributed by atoms with Crippen LogP contribution in [0.25, 0.3) is 31.8 Å². The standard InChI is InChI=1S/C21H17FN4O3S/c1-11(27)25-6-8-26(9-7-25)21(29)20-24-17-13-3-2-12(22)10-15(13)16-14(18(17)30-20)4-5-23-19(16)28/h2-5,10H,6-9H2,1H3,(H,23,28). The van der Waals surface area contributed by atoms with Crippen molar-refractivity contribution in [2.75, 3.05) is 26.2 Å². The molecule has 0 atom stereocenters. The van der Waals surface area contributed by atoms with E-state index in [1.54, 1.807) is 21.9 Å². The van der Waals surface area contributed by atoms with Gasteiger partial charge >= 0.3 is 0 Å². The molecular formula is C21H17FN4O3S. The molecule has 9 heteroatoms. The number of carbonyl (C=O) groups excluding carboxylic acids is 2. The van der Waals surface area contributed by atoms with Crippen molar-refractivity contribution < 1.29 is 14.0 Å². The molecule has 0 unspecified atom stereocenters. The summed E-state index contributed by atoms with van der Waals surface area (Å²) in [5, 5.41) is 2.45. The van der Waals surface area contributed by atoms with E-state index in [1.807, 2.05) is 0 Å². The van der Waals surface area contributed by atoms with Gasteiger partial charge in [-0.15, -0.1) is 11.3 Å². The number of nitrogens with one attached hydrogen (secondary N) is 1. The summed E-state index contributed by atoms with van der Waals surface area (Å²) in [6, 6.07) is 6.00. The Labute approximate surface area is 173 Å². The Hall–Kier alpha value is -3.33. The molecule has 1 aliphatic rings. The van der Waals surface area contributed by atoms with Crippen LogP contribution in [0.2, 0.25) is 0 Å². The first-order valence-electron chi connectivity index (χ1n) is 9.52. The summed E-state index contributed by atoms with van der Waals surface area (Å²) in [4.78, 5) is 47.8. The van der Waals surface area contributed by atoms with Gasteiger partial charge in [-0.3, -0.25) is 14.4 Å². The van der Waals surface area contributed by atoms with Gasteiger partial charge in [-0.1, -0.05) is 0 Å². The lowest BCUT2D eigenvalue weighted by Crippen LogP contribution is -2.50. The molecule has 2 aromatic carbocycles. The number of thiazole rings is 1. The van der Waals surface area contributed by atoms with E-state index in [1.165, 1.54) is 36.6 Å². The van der Waals surface area contributed by atoms with Crippen molar-refractivity contribution in [2.24, 2.45) is 0 Å². The molecule has 2 aromatic heterocycles. The lowest BCUT2D eigenvalue weighted by Gasteiger charge is -2.33. The molecule has 1 fully saturated rings. The van der Waals surface area contributed by atoms with E-state index in [0.717, 1.165) is 4.70 Å². The number of aromatic nitrogens is 2. The third-order valence-corrected chi connectivity index (χ3v) is 6.61. The highest BCUT2D eigenvalue weighted by molar-refractivity contribution is 7.21. The summed E-state index contributed by atoms with van der Waals surface area (Å²) in [5.41, 5.74) is 0.269. The lowest BCUT2D eigenvalue weighted by molar-refractivity contribution is -0.130. The summed E-state index contributed by atoms with van der Waals surface area (Å²) >= 11 is 1.23. The van der Waals surface area contributed by atoms with Crippen LogP contribution < -0.4 is 5.56 Å². The maximum absolute atomic E-state index is 13.9. The Kier molecular flexibility index (Phi) is 4.28. The maximum Gasteiger partial charge on any atom is 0.282 e. The number of nitrogens with zero attached hydrogens (tertiary/aromatic N) is 3. The van der Waals surface area contributed by atoms with Crippen LogP contribution in [0.4, 0.5) is 4.39 Å². The van der Waals surface area contributed by atoms with E-state index in [-0.39, 0.29) is 17.4 Å². The zero-order valence-corrected chi connectivity index (χ0v) is 16.9. The zero-order chi connectivity index (χ0) is 21.0. The van der Waals surface area contributed by atoms with Crippen LogP contribution >= 0.6 is 11.3 Å². The minimum atomic E-state index is -0.443. The van der Waals surface area contributed by atoms with Gasteiger partial charge in [0.2, 0.25) is 5.91 Å². The Balaban J connectivity index is 1.66. The topological polar surface area (TPSA) is 86.4 Å². The van der Waals surface area contributed by atoms with Crippen LogP contribution in [0.15, 0.2) is 35.3 Å². The molecular weight excluding hydrogens is 407 g/mol. The number of amides is 2. The summed E-state index contributed by atoms with van der Waals surface area (Å²) in [7, 11) is 0. The highest BCUT2D eigenvalue weighted by Crippen LogP contribution is 2.37. The van der Waals surface area contributed by atoms with Crippen LogP contribution in [0.3, 0.4) is 0 Å². The molecule has 152 valence electrons. The molecule has 7 nitrogen and oxygen atoms in total. The average molecular weight is 424 g/mol. The quantitative estimate of drug-likeness (QED) is 0.476. The summed E-state index contributed by atoms with van der Waals surface area (Å²) < 4.78 is 14.7. The number of benzene rings is 2. The van der Waals surface area contributed by atoms with Crippen LogP contribution in [0.1, 0.15) is 16.7 Å². The molecule has 0 bridgehead atoms. The van der Waals surface area contributed by atoms with E-state index in [0.29, 0.717) is 58.2 Å². The first kappa shape index (κ1) is 18.7. The average Bonchev–Trinajstić information content (AvgIpc) is 3.19. The fourth-order valence-electron chi connectivity index (χ4n) is 4.00. The van der Waals surface area contributed by atoms with Gasteiger partial charge in [0.05, 0.1) is 15.6 Å². The van der Waals surface area contributed by atoms with E-state index in [9.17, 15) is 18.8 Å². The SMILES string of the molecule is CC(=O)N1CCN(C(=O)c2nc3c4ccc(F)cc4c4c(=O)[nH]ccc4c3s2)CC1. The van der Waals surface area contributed by atoms with Gasteiger partial charge < -0.3 is 14.8 Å². The Morgan fingerprint density at radius 3 is 2.53 bits per heavy atom. The van der Waals surface area contributed by atoms with Crippen molar-refractivity contribution in [2.45, 2.75) is 6.92 Å². The first-order chi connectivity index (χ1) is 14.4. The van der Waals surface area contributed by atoms with Gasteiger partial charge in [0.15, 0.2) is 5.01 Å². The number of rotatable bonds is 1. The molecule has 0 spiro atoms. The highest BCUT2D eigenvalue weighted by atomic mass is 32.1.